The van der Waals surface area contributed by atoms with Crippen LogP contribution in [0.3, 0.4) is 0 Å². The lowest BCUT2D eigenvalue weighted by molar-refractivity contribution is -0.151. The Morgan fingerprint density at radius 3 is 2.87 bits per heavy atom. The summed E-state index contributed by atoms with van der Waals surface area (Å²) in [6, 6.07) is 5.92. The van der Waals surface area contributed by atoms with Crippen molar-refractivity contribution in [2.24, 2.45) is 0 Å². The van der Waals surface area contributed by atoms with Crippen LogP contribution in [0.25, 0.3) is 0 Å². The number of carboxylic acids is 1. The maximum absolute atomic E-state index is 13.7. The molecule has 0 aliphatic carbocycles. The van der Waals surface area contributed by atoms with Gasteiger partial charge in [0.15, 0.2) is 17.7 Å². The minimum Gasteiger partial charge on any atom is -0.481 e. The molecule has 1 aromatic carbocycles. The van der Waals surface area contributed by atoms with Crippen LogP contribution in [-0.2, 0) is 14.3 Å². The Hall–Kier alpha value is -2.15. The number of morpholine rings is 1. The van der Waals surface area contributed by atoms with Gasteiger partial charge in [0.1, 0.15) is 0 Å². The topological polar surface area (TPSA) is 76.1 Å². The largest absolute Gasteiger partial charge is 0.481 e. The predicted octanol–water partition coefficient (Wildman–Crippen LogP) is 1.69. The highest BCUT2D eigenvalue weighted by Gasteiger charge is 2.31. The first-order valence-electron chi connectivity index (χ1n) is 7.54. The molecular weight excluding hydrogens is 305 g/mol. The van der Waals surface area contributed by atoms with Gasteiger partial charge in [0, 0.05) is 13.1 Å². The molecule has 0 spiro atoms. The molecule has 0 radical (unpaired) electrons. The minimum absolute atomic E-state index is 0.0306. The van der Waals surface area contributed by atoms with Crippen molar-refractivity contribution in [2.45, 2.75) is 32.0 Å². The zero-order valence-electron chi connectivity index (χ0n) is 12.9. The molecule has 2 rings (SSSR count). The SMILES string of the molecule is CC[C@@H](Oc1ccccc1F)C(=O)N1CCO[C@H](CC(=O)O)C1. The van der Waals surface area contributed by atoms with Gasteiger partial charge in [-0.25, -0.2) is 4.39 Å². The molecule has 2 atom stereocenters. The Morgan fingerprint density at radius 1 is 1.48 bits per heavy atom. The summed E-state index contributed by atoms with van der Waals surface area (Å²) in [7, 11) is 0. The molecule has 0 bridgehead atoms. The zero-order valence-corrected chi connectivity index (χ0v) is 12.9. The summed E-state index contributed by atoms with van der Waals surface area (Å²) in [6.07, 6.45) is -1.12. The van der Waals surface area contributed by atoms with Crippen LogP contribution in [0.2, 0.25) is 0 Å². The van der Waals surface area contributed by atoms with Crippen molar-refractivity contribution in [1.82, 2.24) is 4.90 Å². The van der Waals surface area contributed by atoms with Gasteiger partial charge in [0.05, 0.1) is 19.1 Å². The maximum Gasteiger partial charge on any atom is 0.306 e. The Bertz CT molecular complexity index is 565. The van der Waals surface area contributed by atoms with Crippen LogP contribution in [0.15, 0.2) is 24.3 Å². The van der Waals surface area contributed by atoms with Gasteiger partial charge in [-0.2, -0.15) is 0 Å². The van der Waals surface area contributed by atoms with Gasteiger partial charge in [0.2, 0.25) is 0 Å². The van der Waals surface area contributed by atoms with E-state index in [2.05, 4.69) is 0 Å². The third kappa shape index (κ3) is 4.66. The molecule has 0 unspecified atom stereocenters. The first kappa shape index (κ1) is 17.2. The van der Waals surface area contributed by atoms with Gasteiger partial charge in [0.25, 0.3) is 5.91 Å². The number of amides is 1. The number of halogens is 1. The number of hydrogen-bond acceptors (Lipinski definition) is 4. The molecule has 1 heterocycles. The average Bonchev–Trinajstić information content (AvgIpc) is 2.53. The van der Waals surface area contributed by atoms with Crippen molar-refractivity contribution in [2.75, 3.05) is 19.7 Å². The summed E-state index contributed by atoms with van der Waals surface area (Å²) in [5.41, 5.74) is 0. The van der Waals surface area contributed by atoms with E-state index in [0.717, 1.165) is 0 Å². The van der Waals surface area contributed by atoms with Crippen molar-refractivity contribution in [3.63, 3.8) is 0 Å². The molecule has 1 aliphatic rings. The van der Waals surface area contributed by atoms with Gasteiger partial charge in [-0.05, 0) is 18.6 Å². The van der Waals surface area contributed by atoms with Crippen LogP contribution >= 0.6 is 0 Å². The van der Waals surface area contributed by atoms with Crippen LogP contribution < -0.4 is 4.74 Å². The van der Waals surface area contributed by atoms with E-state index in [9.17, 15) is 14.0 Å². The van der Waals surface area contributed by atoms with E-state index >= 15 is 0 Å². The lowest BCUT2D eigenvalue weighted by atomic mass is 10.1. The van der Waals surface area contributed by atoms with Crippen molar-refractivity contribution in [1.29, 1.82) is 0 Å². The number of carboxylic acid groups (broad SMARTS) is 1. The molecule has 1 saturated heterocycles. The molecule has 1 fully saturated rings. The van der Waals surface area contributed by atoms with Crippen LogP contribution in [0.5, 0.6) is 5.75 Å². The van der Waals surface area contributed by atoms with Gasteiger partial charge in [-0.3, -0.25) is 9.59 Å². The van der Waals surface area contributed by atoms with Crippen molar-refractivity contribution < 1.29 is 28.6 Å². The number of aliphatic carboxylic acids is 1. The third-order valence-corrected chi connectivity index (χ3v) is 3.60. The fraction of sp³-hybridized carbons (Fsp3) is 0.500. The smallest absolute Gasteiger partial charge is 0.306 e. The van der Waals surface area contributed by atoms with E-state index in [1.807, 2.05) is 0 Å². The average molecular weight is 325 g/mol. The van der Waals surface area contributed by atoms with Crippen molar-refractivity contribution in [3.05, 3.63) is 30.1 Å². The quantitative estimate of drug-likeness (QED) is 0.861. The summed E-state index contributed by atoms with van der Waals surface area (Å²) in [5, 5.41) is 8.82. The first-order chi connectivity index (χ1) is 11.0. The predicted molar refractivity (Wildman–Crippen MR) is 79.7 cm³/mol. The lowest BCUT2D eigenvalue weighted by Gasteiger charge is -2.34. The number of nitrogens with zero attached hydrogens (tertiary/aromatic N) is 1. The fourth-order valence-corrected chi connectivity index (χ4v) is 2.44. The monoisotopic (exact) mass is 325 g/mol. The molecule has 1 N–H and O–H groups in total. The highest BCUT2D eigenvalue weighted by molar-refractivity contribution is 5.81. The molecule has 1 aliphatic heterocycles. The number of rotatable bonds is 6. The second-order valence-corrected chi connectivity index (χ2v) is 5.32. The number of carbonyl (C=O) groups is 2. The highest BCUT2D eigenvalue weighted by atomic mass is 19.1. The zero-order chi connectivity index (χ0) is 16.8. The second kappa shape index (κ2) is 7.92. The van der Waals surface area contributed by atoms with Crippen LogP contribution in [-0.4, -0.2) is 53.8 Å². The minimum atomic E-state index is -0.973. The van der Waals surface area contributed by atoms with Crippen LogP contribution in [0.1, 0.15) is 19.8 Å². The summed E-state index contributed by atoms with van der Waals surface area (Å²) in [4.78, 5) is 24.8. The fourth-order valence-electron chi connectivity index (χ4n) is 2.44. The molecule has 0 saturated carbocycles. The van der Waals surface area contributed by atoms with Crippen LogP contribution in [0, 0.1) is 5.82 Å². The first-order valence-corrected chi connectivity index (χ1v) is 7.54. The molecule has 23 heavy (non-hydrogen) atoms. The van der Waals surface area contributed by atoms with E-state index < -0.39 is 24.0 Å². The molecule has 126 valence electrons. The Balaban J connectivity index is 2.01. The third-order valence-electron chi connectivity index (χ3n) is 3.60. The number of benzene rings is 1. The van der Waals surface area contributed by atoms with E-state index in [4.69, 9.17) is 14.6 Å². The summed E-state index contributed by atoms with van der Waals surface area (Å²) in [6.45, 7) is 2.62. The van der Waals surface area contributed by atoms with E-state index in [0.29, 0.717) is 13.0 Å². The Morgan fingerprint density at radius 2 is 2.22 bits per heavy atom. The normalized spacial score (nSPS) is 19.2. The van der Waals surface area contributed by atoms with Gasteiger partial charge >= 0.3 is 5.97 Å². The number of hydrogen-bond donors (Lipinski definition) is 1. The Labute approximate surface area is 133 Å². The van der Waals surface area contributed by atoms with E-state index in [-0.39, 0.29) is 31.2 Å². The van der Waals surface area contributed by atoms with Gasteiger partial charge in [-0.1, -0.05) is 19.1 Å². The van der Waals surface area contributed by atoms with Gasteiger partial charge in [-0.15, -0.1) is 0 Å². The number of carbonyl (C=O) groups excluding carboxylic acids is 1. The van der Waals surface area contributed by atoms with E-state index in [1.54, 1.807) is 19.1 Å². The van der Waals surface area contributed by atoms with Gasteiger partial charge < -0.3 is 19.5 Å². The van der Waals surface area contributed by atoms with E-state index in [1.165, 1.54) is 17.0 Å². The maximum atomic E-state index is 13.7. The van der Waals surface area contributed by atoms with Crippen molar-refractivity contribution >= 4 is 11.9 Å². The standard InChI is InChI=1S/C16H20FNO5/c1-2-13(23-14-6-4-3-5-12(14)17)16(21)18-7-8-22-11(10-18)9-15(19)20/h3-6,11,13H,2,7-10H2,1H3,(H,19,20)/t11-,13-/m1/s1. The highest BCUT2D eigenvalue weighted by Crippen LogP contribution is 2.20. The summed E-state index contributed by atoms with van der Waals surface area (Å²) < 4.78 is 24.5. The van der Waals surface area contributed by atoms with Crippen molar-refractivity contribution in [3.8, 4) is 5.75 Å². The molecule has 6 nitrogen and oxygen atoms in total. The second-order valence-electron chi connectivity index (χ2n) is 5.32. The lowest BCUT2D eigenvalue weighted by Crippen LogP contribution is -2.50. The number of ether oxygens (including phenoxy) is 2. The molecule has 1 amide bonds. The molecule has 1 aromatic rings. The molecule has 0 aromatic heterocycles. The molecule has 7 heteroatoms. The molecular formula is C16H20FNO5. The summed E-state index contributed by atoms with van der Waals surface area (Å²) >= 11 is 0. The van der Waals surface area contributed by atoms with Crippen LogP contribution in [0.4, 0.5) is 4.39 Å². The Kier molecular flexibility index (Phi) is 5.92. The number of para-hydroxylation sites is 1. The summed E-state index contributed by atoms with van der Waals surface area (Å²) in [5.74, 6) is -1.75.